The van der Waals surface area contributed by atoms with Crippen molar-refractivity contribution in [3.8, 4) is 17.2 Å². The average molecular weight is 589 g/mol. The number of fused-ring (bicyclic) bond motifs is 4. The number of aliphatic carboxylic acids is 1. The van der Waals surface area contributed by atoms with Gasteiger partial charge in [-0.25, -0.2) is 4.90 Å². The van der Waals surface area contributed by atoms with Crippen LogP contribution in [0.25, 0.3) is 0 Å². The molecule has 6 rings (SSSR count). The molecule has 0 bridgehead atoms. The number of carbonyl (C=O) groups excluding carboxylic acids is 4. The number of imide groups is 2. The van der Waals surface area contributed by atoms with Crippen molar-refractivity contribution in [3.05, 3.63) is 59.7 Å². The average Bonchev–Trinajstić information content (AvgIpc) is 3.35. The Morgan fingerprint density at radius 1 is 0.977 bits per heavy atom. The number of rotatable bonds is 7. The maximum Gasteiger partial charge on any atom is 0.305 e. The Bertz CT molecular complexity index is 1560. The van der Waals surface area contributed by atoms with E-state index in [2.05, 4.69) is 0 Å². The Kier molecular flexibility index (Phi) is 6.78. The Balaban J connectivity index is 1.54. The molecule has 2 aliphatic heterocycles. The van der Waals surface area contributed by atoms with Crippen LogP contribution in [0.5, 0.6) is 17.2 Å². The summed E-state index contributed by atoms with van der Waals surface area (Å²) >= 11 is 0. The van der Waals surface area contributed by atoms with Gasteiger partial charge in [0, 0.05) is 30.2 Å². The number of ether oxygens (including phenoxy) is 2. The summed E-state index contributed by atoms with van der Waals surface area (Å²) in [7, 11) is 2.86. The van der Waals surface area contributed by atoms with Gasteiger partial charge in [-0.1, -0.05) is 29.8 Å². The molecule has 2 heterocycles. The number of aromatic hydroxyl groups is 1. The molecule has 3 fully saturated rings. The summed E-state index contributed by atoms with van der Waals surface area (Å²) in [6.07, 6.45) is 1.89. The minimum Gasteiger partial charge on any atom is -0.508 e. The van der Waals surface area contributed by atoms with E-state index in [9.17, 15) is 34.2 Å². The molecule has 4 aliphatic rings. The zero-order valence-corrected chi connectivity index (χ0v) is 24.0. The number of carbonyl (C=O) groups is 5. The lowest BCUT2D eigenvalue weighted by Crippen LogP contribution is -2.49. The van der Waals surface area contributed by atoms with E-state index in [-0.39, 0.29) is 43.1 Å². The lowest BCUT2D eigenvalue weighted by Gasteiger charge is -2.49. The highest BCUT2D eigenvalue weighted by atomic mass is 16.5. The van der Waals surface area contributed by atoms with Crippen molar-refractivity contribution in [3.63, 3.8) is 0 Å². The predicted molar refractivity (Wildman–Crippen MR) is 151 cm³/mol. The Morgan fingerprint density at radius 2 is 1.63 bits per heavy atom. The SMILES string of the molecule is COc1cc(O)cc(OC)c1[C@H]1C2=CC[C@@H]3C(=O)N(CCC(=O)O)C(=O)[C@@H]3[C@@H]2C[C@H]2C(=O)N(c3ccccc3)C(=O)[C@@]12C. The zero-order chi connectivity index (χ0) is 30.8. The number of para-hydroxylation sites is 1. The van der Waals surface area contributed by atoms with Gasteiger partial charge >= 0.3 is 5.97 Å². The second kappa shape index (κ2) is 10.3. The monoisotopic (exact) mass is 588 g/mol. The number of methoxy groups -OCH3 is 2. The highest BCUT2D eigenvalue weighted by Crippen LogP contribution is 2.65. The van der Waals surface area contributed by atoms with Gasteiger partial charge in [-0.3, -0.25) is 28.9 Å². The van der Waals surface area contributed by atoms with E-state index in [1.807, 2.05) is 6.08 Å². The van der Waals surface area contributed by atoms with Crippen LogP contribution in [-0.2, 0) is 24.0 Å². The number of carboxylic acid groups (broad SMARTS) is 1. The summed E-state index contributed by atoms with van der Waals surface area (Å²) in [5.74, 6) is -6.17. The fourth-order valence-electron chi connectivity index (χ4n) is 7.85. The summed E-state index contributed by atoms with van der Waals surface area (Å²) in [6, 6.07) is 11.5. The number of allylic oxidation sites excluding steroid dienone is 2. The first-order valence-corrected chi connectivity index (χ1v) is 14.2. The summed E-state index contributed by atoms with van der Waals surface area (Å²) < 4.78 is 11.4. The minimum atomic E-state index is -1.33. The van der Waals surface area contributed by atoms with Gasteiger partial charge in [0.1, 0.15) is 17.2 Å². The first-order chi connectivity index (χ1) is 20.5. The first-order valence-electron chi connectivity index (χ1n) is 14.2. The van der Waals surface area contributed by atoms with Crippen molar-refractivity contribution >= 4 is 35.3 Å². The van der Waals surface area contributed by atoms with Crippen LogP contribution in [0.15, 0.2) is 54.1 Å². The van der Waals surface area contributed by atoms with Crippen molar-refractivity contribution < 1.29 is 43.7 Å². The molecule has 11 heteroatoms. The fraction of sp³-hybridized carbons (Fsp3) is 0.406. The molecule has 2 aliphatic carbocycles. The standard InChI is InChI=1S/C32H32N2O9/c1-32-21(29(39)34(31(32)41)16-7-5-4-6-8-16)15-20-18(27(32)26-22(42-2)13-17(35)14-23(26)43-3)9-10-19-25(20)30(40)33(28(19)38)12-11-24(36)37/h4-9,13-14,19-21,25,27,35H,10-12,15H2,1-3H3,(H,36,37)/t19-,20+,21-,25-,27+,32+/m0/s1. The van der Waals surface area contributed by atoms with E-state index in [0.717, 1.165) is 10.5 Å². The Hall–Kier alpha value is -4.67. The molecule has 1 saturated carbocycles. The van der Waals surface area contributed by atoms with Crippen LogP contribution in [0.3, 0.4) is 0 Å². The van der Waals surface area contributed by atoms with Crippen LogP contribution in [0.4, 0.5) is 5.69 Å². The molecule has 4 amide bonds. The van der Waals surface area contributed by atoms with Gasteiger partial charge in [0.05, 0.1) is 49.5 Å². The molecular formula is C32H32N2O9. The molecule has 0 aromatic heterocycles. The number of hydrogen-bond donors (Lipinski definition) is 2. The summed E-state index contributed by atoms with van der Waals surface area (Å²) in [6.45, 7) is 1.52. The van der Waals surface area contributed by atoms with Crippen LogP contribution in [0.1, 0.15) is 37.7 Å². The molecule has 0 spiro atoms. The molecule has 2 aromatic rings. The number of likely N-dealkylation sites (tertiary alicyclic amines) is 1. The zero-order valence-electron chi connectivity index (χ0n) is 24.0. The van der Waals surface area contributed by atoms with Crippen molar-refractivity contribution in [2.75, 3.05) is 25.7 Å². The van der Waals surface area contributed by atoms with Crippen molar-refractivity contribution in [2.45, 2.75) is 32.1 Å². The van der Waals surface area contributed by atoms with E-state index in [0.29, 0.717) is 11.3 Å². The molecule has 6 atom stereocenters. The molecule has 11 nitrogen and oxygen atoms in total. The number of phenols is 1. The van der Waals surface area contributed by atoms with Crippen LogP contribution >= 0.6 is 0 Å². The molecule has 43 heavy (non-hydrogen) atoms. The highest BCUT2D eigenvalue weighted by Gasteiger charge is 2.68. The third-order valence-electron chi connectivity index (χ3n) is 9.75. The number of amides is 4. The molecule has 224 valence electrons. The van der Waals surface area contributed by atoms with Crippen LogP contribution < -0.4 is 14.4 Å². The first kappa shape index (κ1) is 28.4. The van der Waals surface area contributed by atoms with Crippen molar-refractivity contribution in [1.82, 2.24) is 4.90 Å². The van der Waals surface area contributed by atoms with Crippen molar-refractivity contribution in [2.24, 2.45) is 29.1 Å². The van der Waals surface area contributed by atoms with Gasteiger partial charge in [0.15, 0.2) is 0 Å². The van der Waals surface area contributed by atoms with Gasteiger partial charge in [-0.15, -0.1) is 0 Å². The van der Waals surface area contributed by atoms with Gasteiger partial charge < -0.3 is 19.7 Å². The van der Waals surface area contributed by atoms with E-state index in [1.54, 1.807) is 37.3 Å². The summed E-state index contributed by atoms with van der Waals surface area (Å²) in [4.78, 5) is 69.4. The number of anilines is 1. The molecule has 2 saturated heterocycles. The molecule has 0 unspecified atom stereocenters. The van der Waals surface area contributed by atoms with E-state index < -0.39 is 64.6 Å². The predicted octanol–water partition coefficient (Wildman–Crippen LogP) is 3.11. The highest BCUT2D eigenvalue weighted by molar-refractivity contribution is 6.24. The Morgan fingerprint density at radius 3 is 2.23 bits per heavy atom. The topological polar surface area (TPSA) is 151 Å². The molecular weight excluding hydrogens is 556 g/mol. The Labute approximate surface area is 247 Å². The van der Waals surface area contributed by atoms with E-state index in [4.69, 9.17) is 9.47 Å². The smallest absolute Gasteiger partial charge is 0.305 e. The second-order valence-corrected chi connectivity index (χ2v) is 11.7. The fourth-order valence-corrected chi connectivity index (χ4v) is 7.85. The normalized spacial score (nSPS) is 29.7. The molecule has 0 radical (unpaired) electrons. The number of benzene rings is 2. The van der Waals surface area contributed by atoms with Crippen molar-refractivity contribution in [1.29, 1.82) is 0 Å². The number of hydrogen-bond acceptors (Lipinski definition) is 8. The van der Waals surface area contributed by atoms with E-state index in [1.165, 1.54) is 31.3 Å². The summed E-state index contributed by atoms with van der Waals surface area (Å²) in [5, 5.41) is 19.6. The largest absolute Gasteiger partial charge is 0.508 e. The van der Waals surface area contributed by atoms with Crippen LogP contribution in [0, 0.1) is 29.1 Å². The quantitative estimate of drug-likeness (QED) is 0.367. The number of carboxylic acids is 1. The van der Waals surface area contributed by atoms with Crippen LogP contribution in [-0.4, -0.2) is 65.5 Å². The van der Waals surface area contributed by atoms with Gasteiger partial charge in [-0.2, -0.15) is 0 Å². The minimum absolute atomic E-state index is 0.116. The molecule has 2 N–H and O–H groups in total. The number of phenolic OH excluding ortho intramolecular Hbond substituents is 1. The maximum absolute atomic E-state index is 14.5. The lowest BCUT2D eigenvalue weighted by atomic mass is 9.51. The van der Waals surface area contributed by atoms with Crippen LogP contribution in [0.2, 0.25) is 0 Å². The van der Waals surface area contributed by atoms with E-state index >= 15 is 0 Å². The lowest BCUT2D eigenvalue weighted by molar-refractivity contribution is -0.142. The van der Waals surface area contributed by atoms with Gasteiger partial charge in [-0.05, 0) is 37.8 Å². The molecule has 2 aromatic carbocycles. The third-order valence-corrected chi connectivity index (χ3v) is 9.75. The second-order valence-electron chi connectivity index (χ2n) is 11.7. The summed E-state index contributed by atoms with van der Waals surface area (Å²) in [5.41, 5.74) is 0.284. The van der Waals surface area contributed by atoms with Gasteiger partial charge in [0.2, 0.25) is 23.6 Å². The maximum atomic E-state index is 14.5. The third kappa shape index (κ3) is 4.04. The van der Waals surface area contributed by atoms with Gasteiger partial charge in [0.25, 0.3) is 0 Å². The number of nitrogens with zero attached hydrogens (tertiary/aromatic N) is 2.